The van der Waals surface area contributed by atoms with Gasteiger partial charge in [-0.15, -0.1) is 0 Å². The third-order valence-corrected chi connectivity index (χ3v) is 5.66. The number of hydrogen-bond donors (Lipinski definition) is 4. The van der Waals surface area contributed by atoms with Crippen molar-refractivity contribution in [2.45, 2.75) is 84.1 Å². The molecule has 0 bridgehead atoms. The molecule has 1 aliphatic carbocycles. The molecule has 29 heavy (non-hydrogen) atoms. The van der Waals surface area contributed by atoms with E-state index < -0.39 is 29.4 Å². The van der Waals surface area contributed by atoms with Gasteiger partial charge >= 0.3 is 5.69 Å². The smallest absolute Gasteiger partial charge is 0.347 e. The molecule has 1 aromatic heterocycles. The Labute approximate surface area is 171 Å². The molecule has 0 spiro atoms. The van der Waals surface area contributed by atoms with Crippen molar-refractivity contribution in [1.29, 1.82) is 0 Å². The van der Waals surface area contributed by atoms with Crippen LogP contribution in [0.1, 0.15) is 78.1 Å². The second-order valence-corrected chi connectivity index (χ2v) is 8.36. The van der Waals surface area contributed by atoms with Crippen molar-refractivity contribution in [3.8, 4) is 5.88 Å². The maximum atomic E-state index is 13.0. The lowest BCUT2D eigenvalue weighted by molar-refractivity contribution is -0.134. The minimum Gasteiger partial charge on any atom is -0.492 e. The third kappa shape index (κ3) is 6.35. The average molecular weight is 411 g/mol. The number of rotatable bonds is 10. The molecule has 1 aliphatic rings. The van der Waals surface area contributed by atoms with E-state index in [0.29, 0.717) is 18.8 Å². The molecule has 0 unspecified atom stereocenters. The first-order valence-corrected chi connectivity index (χ1v) is 10.6. The summed E-state index contributed by atoms with van der Waals surface area (Å²) in [5.74, 6) is -0.833. The van der Waals surface area contributed by atoms with Crippen molar-refractivity contribution in [1.82, 2.24) is 15.1 Å². The van der Waals surface area contributed by atoms with Gasteiger partial charge in [0.1, 0.15) is 6.04 Å². The van der Waals surface area contributed by atoms with Crippen molar-refractivity contribution in [3.63, 3.8) is 0 Å². The van der Waals surface area contributed by atoms with E-state index in [9.17, 15) is 24.7 Å². The van der Waals surface area contributed by atoms with E-state index >= 15 is 0 Å². The Morgan fingerprint density at radius 2 is 1.97 bits per heavy atom. The zero-order valence-electron chi connectivity index (χ0n) is 17.4. The number of amides is 2. The maximum absolute atomic E-state index is 13.0. The normalized spacial score (nSPS) is 16.0. The van der Waals surface area contributed by atoms with Crippen LogP contribution in [0.25, 0.3) is 0 Å². The van der Waals surface area contributed by atoms with Gasteiger partial charge in [0.05, 0.1) is 6.20 Å². The summed E-state index contributed by atoms with van der Waals surface area (Å²) in [6, 6.07) is -1.09. The molecule has 9 nitrogen and oxygen atoms in total. The third-order valence-electron chi connectivity index (χ3n) is 5.66. The summed E-state index contributed by atoms with van der Waals surface area (Å²) in [6.07, 6.45) is 9.70. The van der Waals surface area contributed by atoms with Crippen molar-refractivity contribution in [2.75, 3.05) is 5.01 Å². The Bertz CT molecular complexity index is 721. The number of aromatic hydroxyl groups is 1. The molecule has 4 N–H and O–H groups in total. The highest BCUT2D eigenvalue weighted by atomic mass is 16.5. The number of carbonyl (C=O) groups excluding carboxylic acids is 2. The molecule has 1 atom stereocenters. The quantitative estimate of drug-likeness (QED) is 0.348. The van der Waals surface area contributed by atoms with Gasteiger partial charge < -0.3 is 10.1 Å². The molecule has 1 fully saturated rings. The van der Waals surface area contributed by atoms with Gasteiger partial charge in [-0.3, -0.25) is 14.8 Å². The molecule has 1 aromatic rings. The van der Waals surface area contributed by atoms with E-state index in [4.69, 9.17) is 0 Å². The maximum Gasteiger partial charge on any atom is 0.347 e. The van der Waals surface area contributed by atoms with Gasteiger partial charge in [-0.2, -0.15) is 4.68 Å². The zero-order chi connectivity index (χ0) is 21.4. The molecule has 9 heteroatoms. The van der Waals surface area contributed by atoms with E-state index in [1.165, 1.54) is 32.1 Å². The predicted octanol–water partition coefficient (Wildman–Crippen LogP) is 2.41. The molecule has 1 heterocycles. The van der Waals surface area contributed by atoms with Gasteiger partial charge in [-0.25, -0.2) is 15.3 Å². The lowest BCUT2D eigenvalue weighted by atomic mass is 9.85. The van der Waals surface area contributed by atoms with Crippen LogP contribution in [0.2, 0.25) is 0 Å². The fourth-order valence-corrected chi connectivity index (χ4v) is 4.03. The predicted molar refractivity (Wildman–Crippen MR) is 108 cm³/mol. The first kappa shape index (κ1) is 23.0. The van der Waals surface area contributed by atoms with Crippen LogP contribution in [0.4, 0.5) is 0 Å². The Morgan fingerprint density at radius 3 is 2.52 bits per heavy atom. The summed E-state index contributed by atoms with van der Waals surface area (Å²) < 4.78 is 0.781. The van der Waals surface area contributed by atoms with E-state index in [-0.39, 0.29) is 18.8 Å². The fourth-order valence-electron chi connectivity index (χ4n) is 4.03. The van der Waals surface area contributed by atoms with E-state index in [2.05, 4.69) is 4.98 Å². The van der Waals surface area contributed by atoms with Crippen LogP contribution in [0.3, 0.4) is 0 Å². The van der Waals surface area contributed by atoms with E-state index in [0.717, 1.165) is 22.3 Å². The molecular formula is C20H34N4O5. The number of H-pyrrole nitrogens is 1. The fraction of sp³-hybridized carbons (Fsp3) is 0.750. The second-order valence-electron chi connectivity index (χ2n) is 8.36. The van der Waals surface area contributed by atoms with Crippen LogP contribution in [-0.2, 0) is 9.59 Å². The zero-order valence-corrected chi connectivity index (χ0v) is 17.4. The van der Waals surface area contributed by atoms with Crippen LogP contribution in [-0.4, -0.2) is 37.8 Å². The minimum absolute atomic E-state index is 0.118. The Balaban J connectivity index is 2.22. The Hall–Kier alpha value is -2.29. The van der Waals surface area contributed by atoms with Crippen molar-refractivity contribution in [3.05, 3.63) is 16.7 Å². The topological polar surface area (TPSA) is 128 Å². The first-order chi connectivity index (χ1) is 13.8. The summed E-state index contributed by atoms with van der Waals surface area (Å²) in [4.78, 5) is 39.9. The van der Waals surface area contributed by atoms with E-state index in [1.807, 2.05) is 13.8 Å². The Kier molecular flexibility index (Phi) is 8.75. The number of hydroxylamine groups is 1. The lowest BCUT2D eigenvalue weighted by Crippen LogP contribution is -2.57. The summed E-state index contributed by atoms with van der Waals surface area (Å²) in [5, 5.41) is 20.3. The molecule has 2 rings (SSSR count). The van der Waals surface area contributed by atoms with E-state index in [1.54, 1.807) is 5.48 Å². The van der Waals surface area contributed by atoms with Crippen molar-refractivity contribution in [2.24, 2.45) is 11.8 Å². The number of hydrogen-bond acceptors (Lipinski definition) is 5. The minimum atomic E-state index is -1.09. The standard InChI is InChI=1S/C20H34N4O5/c1-14(2)11-12-17(25)23(24-18(26)13-21-20(24)28)16(19(27)22-29)10-6-9-15-7-4-3-5-8-15/h13-16,26,29H,3-12H2,1-2H3,(H,21,28)(H,22,27)/t16-/m0/s1. The summed E-state index contributed by atoms with van der Waals surface area (Å²) in [7, 11) is 0. The average Bonchev–Trinajstić information content (AvgIpc) is 3.04. The highest BCUT2D eigenvalue weighted by Crippen LogP contribution is 2.28. The van der Waals surface area contributed by atoms with Gasteiger partial charge in [0.25, 0.3) is 5.91 Å². The number of aromatic nitrogens is 2. The second kappa shape index (κ2) is 11.0. The SMILES string of the molecule is CC(C)CCC(=O)N([C@@H](CCCC1CCCCC1)C(=O)NO)n1c(O)c[nH]c1=O. The summed E-state index contributed by atoms with van der Waals surface area (Å²) in [6.45, 7) is 3.94. The van der Waals surface area contributed by atoms with Crippen LogP contribution in [0, 0.1) is 11.8 Å². The molecule has 2 amide bonds. The highest BCUT2D eigenvalue weighted by molar-refractivity contribution is 5.94. The molecule has 0 radical (unpaired) electrons. The Morgan fingerprint density at radius 1 is 1.28 bits per heavy atom. The summed E-state index contributed by atoms with van der Waals surface area (Å²) >= 11 is 0. The monoisotopic (exact) mass is 410 g/mol. The van der Waals surface area contributed by atoms with Gasteiger partial charge in [0.2, 0.25) is 11.8 Å². The summed E-state index contributed by atoms with van der Waals surface area (Å²) in [5.41, 5.74) is 0.896. The molecule has 164 valence electrons. The van der Waals surface area contributed by atoms with Gasteiger partial charge in [-0.1, -0.05) is 58.8 Å². The van der Waals surface area contributed by atoms with Crippen LogP contribution >= 0.6 is 0 Å². The van der Waals surface area contributed by atoms with Gasteiger partial charge in [0.15, 0.2) is 0 Å². The number of nitrogens with one attached hydrogen (secondary N) is 2. The molecule has 0 saturated heterocycles. The highest BCUT2D eigenvalue weighted by Gasteiger charge is 2.33. The van der Waals surface area contributed by atoms with Gasteiger partial charge in [0, 0.05) is 6.42 Å². The van der Waals surface area contributed by atoms with Crippen molar-refractivity contribution >= 4 is 11.8 Å². The van der Waals surface area contributed by atoms with Crippen molar-refractivity contribution < 1.29 is 19.9 Å². The van der Waals surface area contributed by atoms with Crippen LogP contribution in [0.5, 0.6) is 5.88 Å². The largest absolute Gasteiger partial charge is 0.492 e. The number of aromatic amines is 1. The molecule has 0 aliphatic heterocycles. The first-order valence-electron chi connectivity index (χ1n) is 10.6. The lowest BCUT2D eigenvalue weighted by Gasteiger charge is -2.31. The molecule has 1 saturated carbocycles. The molecule has 0 aromatic carbocycles. The van der Waals surface area contributed by atoms with Gasteiger partial charge in [-0.05, 0) is 24.7 Å². The number of imidazole rings is 1. The van der Waals surface area contributed by atoms with Crippen LogP contribution < -0.4 is 16.2 Å². The number of nitrogens with zero attached hydrogens (tertiary/aromatic N) is 2. The number of carbonyl (C=O) groups is 2. The molecular weight excluding hydrogens is 376 g/mol. The van der Waals surface area contributed by atoms with Crippen LogP contribution in [0.15, 0.2) is 11.0 Å².